The summed E-state index contributed by atoms with van der Waals surface area (Å²) < 4.78 is 15.5. The van der Waals surface area contributed by atoms with Gasteiger partial charge in [0.2, 0.25) is 0 Å². The maximum absolute atomic E-state index is 12.6. The molecule has 3 heterocycles. The Morgan fingerprint density at radius 2 is 1.78 bits per heavy atom. The summed E-state index contributed by atoms with van der Waals surface area (Å²) in [5.74, 6) is -2.36. The number of aliphatic hydroxyl groups is 2. The zero-order chi connectivity index (χ0) is 17.0. The molecule has 0 bridgehead atoms. The highest BCUT2D eigenvalue weighted by atomic mass is 16.7. The maximum Gasteiger partial charge on any atom is 0.339 e. The summed E-state index contributed by atoms with van der Waals surface area (Å²) in [4.78, 5) is 36.5. The predicted octanol–water partition coefficient (Wildman–Crippen LogP) is -0.744. The summed E-state index contributed by atoms with van der Waals surface area (Å²) >= 11 is 0. The van der Waals surface area contributed by atoms with Gasteiger partial charge in [0, 0.05) is 6.42 Å². The van der Waals surface area contributed by atoms with Crippen LogP contribution in [0.5, 0.6) is 0 Å². The van der Waals surface area contributed by atoms with E-state index in [9.17, 15) is 24.6 Å². The average Bonchev–Trinajstić information content (AvgIpc) is 3.00. The minimum atomic E-state index is -1.78. The number of hydrogen-bond donors (Lipinski definition) is 2. The van der Waals surface area contributed by atoms with Gasteiger partial charge in [0.15, 0.2) is 6.10 Å². The van der Waals surface area contributed by atoms with Gasteiger partial charge >= 0.3 is 17.9 Å². The van der Waals surface area contributed by atoms with Crippen molar-refractivity contribution in [2.45, 2.75) is 57.7 Å². The third-order valence-electron chi connectivity index (χ3n) is 6.22. The van der Waals surface area contributed by atoms with Gasteiger partial charge in [-0.2, -0.15) is 0 Å². The van der Waals surface area contributed by atoms with Crippen LogP contribution in [0.15, 0.2) is 0 Å². The number of rotatable bonds is 0. The molecule has 1 aliphatic carbocycles. The van der Waals surface area contributed by atoms with Crippen LogP contribution in [-0.4, -0.2) is 52.2 Å². The van der Waals surface area contributed by atoms with E-state index in [1.807, 2.05) is 0 Å². The first-order valence-electron chi connectivity index (χ1n) is 7.54. The molecule has 0 amide bonds. The van der Waals surface area contributed by atoms with Gasteiger partial charge in [0.1, 0.15) is 16.9 Å². The molecule has 0 aromatic rings. The molecule has 4 rings (SSSR count). The van der Waals surface area contributed by atoms with Crippen molar-refractivity contribution in [2.75, 3.05) is 0 Å². The van der Waals surface area contributed by atoms with Crippen LogP contribution in [0, 0.1) is 16.2 Å². The SMILES string of the molecule is CC(C)(C)[C@@]1(O)C[C@H]2OC(=O)C[C@]23C(=O)O[C@H]2OC(=O)[C@H](O)[C@]231. The fourth-order valence-electron chi connectivity index (χ4n) is 5.15. The van der Waals surface area contributed by atoms with Crippen LogP contribution in [0.25, 0.3) is 0 Å². The molecule has 0 unspecified atom stereocenters. The molecular formula is C15H18O8. The smallest absolute Gasteiger partial charge is 0.339 e. The summed E-state index contributed by atoms with van der Waals surface area (Å²) in [6.07, 6.45) is -4.58. The molecule has 8 heteroatoms. The molecule has 1 saturated carbocycles. The summed E-state index contributed by atoms with van der Waals surface area (Å²) in [5, 5.41) is 22.2. The number of aliphatic hydroxyl groups excluding tert-OH is 1. The van der Waals surface area contributed by atoms with Crippen LogP contribution < -0.4 is 0 Å². The topological polar surface area (TPSA) is 119 Å². The van der Waals surface area contributed by atoms with Crippen LogP contribution in [0.2, 0.25) is 0 Å². The lowest BCUT2D eigenvalue weighted by Gasteiger charge is -2.49. The first-order chi connectivity index (χ1) is 10.5. The van der Waals surface area contributed by atoms with Crippen molar-refractivity contribution >= 4 is 17.9 Å². The molecule has 4 fully saturated rings. The van der Waals surface area contributed by atoms with Crippen molar-refractivity contribution in [1.82, 2.24) is 0 Å². The van der Waals surface area contributed by atoms with Gasteiger partial charge in [-0.3, -0.25) is 9.59 Å². The average molecular weight is 326 g/mol. The summed E-state index contributed by atoms with van der Waals surface area (Å²) in [6.45, 7) is 5.19. The second kappa shape index (κ2) is 3.70. The number of esters is 3. The van der Waals surface area contributed by atoms with E-state index in [0.717, 1.165) is 0 Å². The molecule has 2 N–H and O–H groups in total. The molecular weight excluding hydrogens is 308 g/mol. The Kier molecular flexibility index (Phi) is 2.39. The lowest BCUT2D eigenvalue weighted by molar-refractivity contribution is -0.224. The summed E-state index contributed by atoms with van der Waals surface area (Å²) in [7, 11) is 0. The van der Waals surface area contributed by atoms with Crippen LogP contribution >= 0.6 is 0 Å². The van der Waals surface area contributed by atoms with E-state index in [2.05, 4.69) is 0 Å². The van der Waals surface area contributed by atoms with Gasteiger partial charge in [-0.25, -0.2) is 4.79 Å². The highest BCUT2D eigenvalue weighted by Gasteiger charge is 2.92. The highest BCUT2D eigenvalue weighted by Crippen LogP contribution is 2.75. The van der Waals surface area contributed by atoms with E-state index in [4.69, 9.17) is 14.2 Å². The van der Waals surface area contributed by atoms with Crippen molar-refractivity contribution in [1.29, 1.82) is 0 Å². The molecule has 2 spiro atoms. The Bertz CT molecular complexity index is 650. The number of hydrogen-bond acceptors (Lipinski definition) is 8. The Balaban J connectivity index is 2.05. The minimum Gasteiger partial charge on any atom is -0.461 e. The molecule has 3 saturated heterocycles. The fourth-order valence-corrected chi connectivity index (χ4v) is 5.15. The van der Waals surface area contributed by atoms with Crippen molar-refractivity contribution in [2.24, 2.45) is 16.2 Å². The lowest BCUT2D eigenvalue weighted by atomic mass is 9.52. The fraction of sp³-hybridized carbons (Fsp3) is 0.800. The van der Waals surface area contributed by atoms with Crippen molar-refractivity contribution < 1.29 is 38.8 Å². The van der Waals surface area contributed by atoms with E-state index < -0.39 is 58.3 Å². The zero-order valence-electron chi connectivity index (χ0n) is 13.0. The molecule has 8 nitrogen and oxygen atoms in total. The van der Waals surface area contributed by atoms with Crippen LogP contribution in [0.1, 0.15) is 33.6 Å². The first kappa shape index (κ1) is 14.9. The number of carbonyl (C=O) groups is 3. The summed E-state index contributed by atoms with van der Waals surface area (Å²) in [6, 6.07) is 0. The molecule has 6 atom stereocenters. The van der Waals surface area contributed by atoms with Gasteiger partial charge < -0.3 is 24.4 Å². The third kappa shape index (κ3) is 1.20. The van der Waals surface area contributed by atoms with Gasteiger partial charge in [0.05, 0.1) is 12.0 Å². The molecule has 3 aliphatic heterocycles. The minimum absolute atomic E-state index is 0.0679. The zero-order valence-corrected chi connectivity index (χ0v) is 13.0. The van der Waals surface area contributed by atoms with Crippen molar-refractivity contribution in [3.05, 3.63) is 0 Å². The quantitative estimate of drug-likeness (QED) is 0.558. The van der Waals surface area contributed by atoms with Crippen LogP contribution in [0.3, 0.4) is 0 Å². The van der Waals surface area contributed by atoms with E-state index in [-0.39, 0.29) is 12.8 Å². The van der Waals surface area contributed by atoms with E-state index in [1.54, 1.807) is 20.8 Å². The molecule has 0 aromatic heterocycles. The standard InChI is InChI=1S/C15H18O8/c1-12(2,3)14(20)4-6-13(5-7(16)21-6)10(19)23-11-15(13,14)8(17)9(18)22-11/h6,8,11,17,20H,4-5H2,1-3H3/t6-,8+,11-,13-,14+,15+/m1/s1. The van der Waals surface area contributed by atoms with Crippen LogP contribution in [0.4, 0.5) is 0 Å². The second-order valence-electron chi connectivity index (χ2n) is 7.89. The molecule has 0 radical (unpaired) electrons. The van der Waals surface area contributed by atoms with Gasteiger partial charge in [-0.05, 0) is 5.41 Å². The Labute approximate surface area is 131 Å². The lowest BCUT2D eigenvalue weighted by Crippen LogP contribution is -2.65. The van der Waals surface area contributed by atoms with Gasteiger partial charge in [0.25, 0.3) is 6.29 Å². The predicted molar refractivity (Wildman–Crippen MR) is 70.4 cm³/mol. The molecule has 126 valence electrons. The van der Waals surface area contributed by atoms with Crippen LogP contribution in [-0.2, 0) is 28.6 Å². The number of carbonyl (C=O) groups excluding carboxylic acids is 3. The van der Waals surface area contributed by atoms with Gasteiger partial charge in [-0.1, -0.05) is 20.8 Å². The van der Waals surface area contributed by atoms with E-state index >= 15 is 0 Å². The first-order valence-corrected chi connectivity index (χ1v) is 7.54. The van der Waals surface area contributed by atoms with Crippen molar-refractivity contribution in [3.63, 3.8) is 0 Å². The highest BCUT2D eigenvalue weighted by molar-refractivity contribution is 5.94. The molecule has 23 heavy (non-hydrogen) atoms. The number of ether oxygens (including phenoxy) is 3. The monoisotopic (exact) mass is 326 g/mol. The Hall–Kier alpha value is -1.67. The van der Waals surface area contributed by atoms with Gasteiger partial charge in [-0.15, -0.1) is 0 Å². The normalized spacial score (nSPS) is 51.0. The maximum atomic E-state index is 12.6. The molecule has 0 aromatic carbocycles. The Morgan fingerprint density at radius 1 is 1.13 bits per heavy atom. The second-order valence-corrected chi connectivity index (χ2v) is 7.89. The summed E-state index contributed by atoms with van der Waals surface area (Å²) in [5.41, 5.74) is -5.91. The molecule has 4 aliphatic rings. The van der Waals surface area contributed by atoms with Crippen molar-refractivity contribution in [3.8, 4) is 0 Å². The largest absolute Gasteiger partial charge is 0.461 e. The third-order valence-corrected chi connectivity index (χ3v) is 6.22. The van der Waals surface area contributed by atoms with E-state index in [1.165, 1.54) is 0 Å². The van der Waals surface area contributed by atoms with E-state index in [0.29, 0.717) is 0 Å². The Morgan fingerprint density at radius 3 is 2.39 bits per heavy atom.